The zero-order chi connectivity index (χ0) is 24.6. The molecular weight excluding hydrogens is 426 g/mol. The van der Waals surface area contributed by atoms with Gasteiger partial charge in [-0.05, 0) is 41.5 Å². The van der Waals surface area contributed by atoms with Gasteiger partial charge in [-0.3, -0.25) is 14.4 Å². The minimum Gasteiger partial charge on any atom is -0.356 e. The van der Waals surface area contributed by atoms with Crippen LogP contribution in [0.2, 0.25) is 0 Å². The summed E-state index contributed by atoms with van der Waals surface area (Å²) in [6.07, 6.45) is 7.87. The van der Waals surface area contributed by atoms with E-state index >= 15 is 0 Å². The summed E-state index contributed by atoms with van der Waals surface area (Å²) in [6, 6.07) is 16.0. The van der Waals surface area contributed by atoms with Crippen molar-refractivity contribution in [2.75, 3.05) is 13.1 Å². The van der Waals surface area contributed by atoms with Crippen molar-refractivity contribution in [1.29, 1.82) is 0 Å². The van der Waals surface area contributed by atoms with E-state index in [4.69, 9.17) is 0 Å². The van der Waals surface area contributed by atoms with Crippen LogP contribution >= 0.6 is 0 Å². The molecular formula is C28H37N3O3. The molecule has 3 amide bonds. The highest BCUT2D eigenvalue weighted by atomic mass is 16.2. The molecule has 0 bridgehead atoms. The first kappa shape index (κ1) is 26.8. The number of hydrogen-bond donors (Lipinski definition) is 3. The summed E-state index contributed by atoms with van der Waals surface area (Å²) in [7, 11) is 0. The number of allylic oxidation sites excluding steroid dienone is 1. The Hall–Kier alpha value is -3.41. The molecule has 3 rings (SSSR count). The highest BCUT2D eigenvalue weighted by Gasteiger charge is 2.10. The Bertz CT molecular complexity index is 955. The van der Waals surface area contributed by atoms with Gasteiger partial charge in [0.1, 0.15) is 0 Å². The number of benzene rings is 2. The fourth-order valence-corrected chi connectivity index (χ4v) is 3.68. The molecule has 0 aliphatic heterocycles. The Kier molecular flexibility index (Phi) is 12.2. The lowest BCUT2D eigenvalue weighted by atomic mass is 9.93. The molecule has 0 aromatic heterocycles. The summed E-state index contributed by atoms with van der Waals surface area (Å²) in [4.78, 5) is 35.9. The first-order valence-electron chi connectivity index (χ1n) is 12.2. The fourth-order valence-electron chi connectivity index (χ4n) is 3.68. The first-order chi connectivity index (χ1) is 16.6. The molecule has 2 aromatic carbocycles. The number of rotatable bonds is 11. The van der Waals surface area contributed by atoms with Crippen LogP contribution in [0.15, 0.2) is 54.6 Å². The quantitative estimate of drug-likeness (QED) is 0.472. The van der Waals surface area contributed by atoms with Crippen LogP contribution in [0, 0.1) is 0 Å². The van der Waals surface area contributed by atoms with Crippen LogP contribution in [0.1, 0.15) is 61.8 Å². The van der Waals surface area contributed by atoms with E-state index in [-0.39, 0.29) is 43.7 Å². The molecule has 0 fully saturated rings. The van der Waals surface area contributed by atoms with Crippen molar-refractivity contribution in [2.45, 2.75) is 58.9 Å². The van der Waals surface area contributed by atoms with E-state index in [0.717, 1.165) is 24.0 Å². The van der Waals surface area contributed by atoms with E-state index in [0.29, 0.717) is 19.4 Å². The Labute approximate surface area is 203 Å². The Morgan fingerprint density at radius 2 is 1.41 bits per heavy atom. The van der Waals surface area contributed by atoms with E-state index in [1.807, 2.05) is 56.3 Å². The van der Waals surface area contributed by atoms with Crippen LogP contribution in [-0.4, -0.2) is 30.8 Å². The number of fused-ring (bicyclic) bond motifs is 1. The first-order valence-corrected chi connectivity index (χ1v) is 12.2. The standard InChI is InChI=1S/C26H31N3O3.C2H6/c30-24(14-13-20-7-2-1-3-8-20)27-17-15-25(31)28-18-16-26(32)29-19-22-11-6-10-21-9-4-5-12-23(21)22;1-2/h1-3,5-8,10-12H,4,9,13-19H2,(H,27,30)(H,28,31)(H,29,32);1-2H3. The summed E-state index contributed by atoms with van der Waals surface area (Å²) < 4.78 is 0. The van der Waals surface area contributed by atoms with Gasteiger partial charge in [-0.1, -0.05) is 74.5 Å². The summed E-state index contributed by atoms with van der Waals surface area (Å²) in [5, 5.41) is 8.42. The average molecular weight is 464 g/mol. The zero-order valence-electron chi connectivity index (χ0n) is 20.4. The number of aryl methyl sites for hydroxylation is 2. The molecule has 34 heavy (non-hydrogen) atoms. The minimum atomic E-state index is -0.177. The van der Waals surface area contributed by atoms with Gasteiger partial charge >= 0.3 is 0 Å². The fraction of sp³-hybridized carbons (Fsp3) is 0.393. The third kappa shape index (κ3) is 9.61. The third-order valence-electron chi connectivity index (χ3n) is 5.46. The molecule has 2 aromatic rings. The van der Waals surface area contributed by atoms with E-state index in [1.165, 1.54) is 11.1 Å². The van der Waals surface area contributed by atoms with Gasteiger partial charge < -0.3 is 16.0 Å². The minimum absolute atomic E-state index is 0.0704. The Balaban J connectivity index is 0.00000199. The number of amides is 3. The lowest BCUT2D eigenvalue weighted by Gasteiger charge is -2.15. The predicted octanol–water partition coefficient (Wildman–Crippen LogP) is 3.93. The molecule has 3 N–H and O–H groups in total. The normalized spacial score (nSPS) is 11.5. The highest BCUT2D eigenvalue weighted by Crippen LogP contribution is 2.22. The van der Waals surface area contributed by atoms with Crippen LogP contribution in [0.4, 0.5) is 0 Å². The topological polar surface area (TPSA) is 87.3 Å². The van der Waals surface area contributed by atoms with Crippen LogP contribution in [0.25, 0.3) is 6.08 Å². The molecule has 0 spiro atoms. The summed E-state index contributed by atoms with van der Waals surface area (Å²) in [6.45, 7) is 5.05. The summed E-state index contributed by atoms with van der Waals surface area (Å²) >= 11 is 0. The predicted molar refractivity (Wildman–Crippen MR) is 137 cm³/mol. The number of carbonyl (C=O) groups is 3. The maximum atomic E-state index is 12.1. The van der Waals surface area contributed by atoms with Crippen molar-refractivity contribution in [3.63, 3.8) is 0 Å². The van der Waals surface area contributed by atoms with Crippen LogP contribution < -0.4 is 16.0 Å². The second kappa shape index (κ2) is 15.4. The van der Waals surface area contributed by atoms with Crippen molar-refractivity contribution in [3.05, 3.63) is 76.9 Å². The van der Waals surface area contributed by atoms with E-state index in [1.54, 1.807) is 0 Å². The molecule has 0 saturated carbocycles. The van der Waals surface area contributed by atoms with Crippen LogP contribution in [0.5, 0.6) is 0 Å². The van der Waals surface area contributed by atoms with Gasteiger partial charge in [-0.25, -0.2) is 0 Å². The van der Waals surface area contributed by atoms with Gasteiger partial charge in [0.15, 0.2) is 0 Å². The Morgan fingerprint density at radius 3 is 2.12 bits per heavy atom. The van der Waals surface area contributed by atoms with Gasteiger partial charge in [0, 0.05) is 38.9 Å². The van der Waals surface area contributed by atoms with Crippen molar-refractivity contribution in [3.8, 4) is 0 Å². The molecule has 182 valence electrons. The number of hydrogen-bond acceptors (Lipinski definition) is 3. The zero-order valence-corrected chi connectivity index (χ0v) is 20.4. The highest BCUT2D eigenvalue weighted by molar-refractivity contribution is 5.80. The molecule has 0 saturated heterocycles. The van der Waals surface area contributed by atoms with Crippen molar-refractivity contribution in [2.24, 2.45) is 0 Å². The van der Waals surface area contributed by atoms with Gasteiger partial charge in [-0.2, -0.15) is 0 Å². The van der Waals surface area contributed by atoms with Gasteiger partial charge in [-0.15, -0.1) is 0 Å². The maximum absolute atomic E-state index is 12.1. The van der Waals surface area contributed by atoms with E-state index in [2.05, 4.69) is 34.2 Å². The molecule has 6 nitrogen and oxygen atoms in total. The largest absolute Gasteiger partial charge is 0.356 e. The molecule has 1 aliphatic carbocycles. The smallest absolute Gasteiger partial charge is 0.222 e. The monoisotopic (exact) mass is 463 g/mol. The molecule has 0 radical (unpaired) electrons. The second-order valence-corrected chi connectivity index (χ2v) is 7.89. The van der Waals surface area contributed by atoms with Crippen LogP contribution in [-0.2, 0) is 33.8 Å². The molecule has 0 unspecified atom stereocenters. The van der Waals surface area contributed by atoms with E-state index in [9.17, 15) is 14.4 Å². The van der Waals surface area contributed by atoms with Crippen molar-refractivity contribution in [1.82, 2.24) is 16.0 Å². The Morgan fingerprint density at radius 1 is 0.765 bits per heavy atom. The lowest BCUT2D eigenvalue weighted by Crippen LogP contribution is -2.33. The average Bonchev–Trinajstić information content (AvgIpc) is 2.88. The summed E-state index contributed by atoms with van der Waals surface area (Å²) in [5.41, 5.74) is 4.75. The lowest BCUT2D eigenvalue weighted by molar-refractivity contribution is -0.122. The van der Waals surface area contributed by atoms with Gasteiger partial charge in [0.05, 0.1) is 0 Å². The van der Waals surface area contributed by atoms with Crippen LogP contribution in [0.3, 0.4) is 0 Å². The second-order valence-electron chi connectivity index (χ2n) is 7.89. The molecule has 6 heteroatoms. The SMILES string of the molecule is CC.O=C(CCNC(=O)CCc1ccccc1)NCCC(=O)NCc1cccc2c1C=CCC2. The molecule has 0 heterocycles. The summed E-state index contributed by atoms with van der Waals surface area (Å²) in [5.74, 6) is -0.348. The van der Waals surface area contributed by atoms with Crippen molar-refractivity contribution < 1.29 is 14.4 Å². The third-order valence-corrected chi connectivity index (χ3v) is 5.46. The van der Waals surface area contributed by atoms with Crippen molar-refractivity contribution >= 4 is 23.8 Å². The van der Waals surface area contributed by atoms with Gasteiger partial charge in [0.25, 0.3) is 0 Å². The number of carbonyl (C=O) groups excluding carboxylic acids is 3. The molecule has 1 aliphatic rings. The van der Waals surface area contributed by atoms with E-state index < -0.39 is 0 Å². The number of nitrogens with one attached hydrogen (secondary N) is 3. The maximum Gasteiger partial charge on any atom is 0.222 e. The molecule has 0 atom stereocenters. The van der Waals surface area contributed by atoms with Gasteiger partial charge in [0.2, 0.25) is 17.7 Å².